The Morgan fingerprint density at radius 3 is 2.42 bits per heavy atom. The molecule has 3 saturated heterocycles. The molecule has 0 aliphatic carbocycles. The van der Waals surface area contributed by atoms with Gasteiger partial charge in [-0.05, 0) is 56.9 Å². The molecule has 31 heavy (non-hydrogen) atoms. The summed E-state index contributed by atoms with van der Waals surface area (Å²) in [5, 5.41) is 3.22. The van der Waals surface area contributed by atoms with Crippen molar-refractivity contribution in [1.29, 1.82) is 0 Å². The van der Waals surface area contributed by atoms with Gasteiger partial charge >= 0.3 is 0 Å². The van der Waals surface area contributed by atoms with Crippen LogP contribution in [0.15, 0.2) is 24.3 Å². The van der Waals surface area contributed by atoms with Gasteiger partial charge in [0.2, 0.25) is 11.8 Å². The van der Waals surface area contributed by atoms with Gasteiger partial charge in [-0.25, -0.2) is 4.39 Å². The molecular formula is C23H34FN5O2. The molecule has 0 radical (unpaired) electrons. The molecule has 1 spiro atoms. The molecule has 0 aromatic heterocycles. The number of nitrogens with two attached hydrogens (primary N) is 1. The van der Waals surface area contributed by atoms with E-state index >= 15 is 0 Å². The zero-order chi connectivity index (χ0) is 22.0. The fourth-order valence-electron chi connectivity index (χ4n) is 5.22. The molecule has 1 aromatic carbocycles. The Labute approximate surface area is 183 Å². The van der Waals surface area contributed by atoms with Crippen molar-refractivity contribution < 1.29 is 14.0 Å². The SMILES string of the molecule is C[C@H](N)C(=O)N1CCC2(CC1)C[C@H](CCN1CCN(c3ccc(F)cc3)CC1)NC2=O. The number of halogens is 1. The number of amides is 2. The first kappa shape index (κ1) is 22.0. The van der Waals surface area contributed by atoms with Crippen molar-refractivity contribution in [3.05, 3.63) is 30.1 Å². The number of carbonyl (C=O) groups is 2. The lowest BCUT2D eigenvalue weighted by molar-refractivity contribution is -0.139. The smallest absolute Gasteiger partial charge is 0.239 e. The van der Waals surface area contributed by atoms with E-state index in [9.17, 15) is 14.0 Å². The number of rotatable bonds is 5. The minimum atomic E-state index is -0.484. The third-order valence-corrected chi connectivity index (χ3v) is 7.23. The molecule has 0 unspecified atom stereocenters. The molecule has 7 nitrogen and oxygen atoms in total. The molecule has 0 bridgehead atoms. The molecule has 8 heteroatoms. The highest BCUT2D eigenvalue weighted by Crippen LogP contribution is 2.41. The van der Waals surface area contributed by atoms with Crippen LogP contribution < -0.4 is 16.0 Å². The number of anilines is 1. The summed E-state index contributed by atoms with van der Waals surface area (Å²) in [5.74, 6) is -0.0684. The van der Waals surface area contributed by atoms with Crippen LogP contribution in [-0.4, -0.2) is 79.5 Å². The molecule has 2 amide bonds. The minimum Gasteiger partial charge on any atom is -0.369 e. The number of piperazine rings is 1. The summed E-state index contributed by atoms with van der Waals surface area (Å²) in [6.07, 6.45) is 3.27. The van der Waals surface area contributed by atoms with Crippen LogP contribution in [0.3, 0.4) is 0 Å². The van der Waals surface area contributed by atoms with E-state index in [1.165, 1.54) is 12.1 Å². The maximum atomic E-state index is 13.1. The van der Waals surface area contributed by atoms with E-state index in [1.54, 1.807) is 11.8 Å². The number of hydrogen-bond acceptors (Lipinski definition) is 5. The van der Waals surface area contributed by atoms with Crippen molar-refractivity contribution in [1.82, 2.24) is 15.1 Å². The Balaban J connectivity index is 1.22. The van der Waals surface area contributed by atoms with Gasteiger partial charge in [0.25, 0.3) is 0 Å². The lowest BCUT2D eigenvalue weighted by Gasteiger charge is -2.38. The first-order chi connectivity index (χ1) is 14.9. The van der Waals surface area contributed by atoms with Crippen molar-refractivity contribution in [2.75, 3.05) is 50.7 Å². The van der Waals surface area contributed by atoms with Gasteiger partial charge in [-0.15, -0.1) is 0 Å². The maximum Gasteiger partial charge on any atom is 0.239 e. The average Bonchev–Trinajstić information content (AvgIpc) is 3.08. The number of nitrogens with zero attached hydrogens (tertiary/aromatic N) is 3. The molecule has 3 fully saturated rings. The van der Waals surface area contributed by atoms with Crippen molar-refractivity contribution in [3.8, 4) is 0 Å². The largest absolute Gasteiger partial charge is 0.369 e. The number of hydrogen-bond donors (Lipinski definition) is 2. The van der Waals surface area contributed by atoms with Crippen LogP contribution in [-0.2, 0) is 9.59 Å². The van der Waals surface area contributed by atoms with Gasteiger partial charge < -0.3 is 20.9 Å². The quantitative estimate of drug-likeness (QED) is 0.732. The van der Waals surface area contributed by atoms with E-state index in [1.807, 2.05) is 12.1 Å². The van der Waals surface area contributed by atoms with Crippen molar-refractivity contribution in [2.24, 2.45) is 11.1 Å². The fourth-order valence-corrected chi connectivity index (χ4v) is 5.22. The molecule has 3 aliphatic rings. The van der Waals surface area contributed by atoms with E-state index in [0.29, 0.717) is 13.1 Å². The topological polar surface area (TPSA) is 81.9 Å². The van der Waals surface area contributed by atoms with Gasteiger partial charge in [0, 0.05) is 57.5 Å². The monoisotopic (exact) mass is 431 g/mol. The molecule has 3 heterocycles. The lowest BCUT2D eigenvalue weighted by atomic mass is 9.75. The molecule has 3 aliphatic heterocycles. The summed E-state index contributed by atoms with van der Waals surface area (Å²) in [6.45, 7) is 7.71. The number of nitrogens with one attached hydrogen (secondary N) is 1. The van der Waals surface area contributed by atoms with Crippen molar-refractivity contribution in [3.63, 3.8) is 0 Å². The molecular weight excluding hydrogens is 397 g/mol. The summed E-state index contributed by atoms with van der Waals surface area (Å²) in [4.78, 5) is 31.4. The van der Waals surface area contributed by atoms with Gasteiger partial charge in [-0.1, -0.05) is 0 Å². The van der Waals surface area contributed by atoms with E-state index < -0.39 is 6.04 Å². The second-order valence-corrected chi connectivity index (χ2v) is 9.36. The predicted octanol–water partition coefficient (Wildman–Crippen LogP) is 1.18. The number of likely N-dealkylation sites (tertiary alicyclic amines) is 1. The predicted molar refractivity (Wildman–Crippen MR) is 118 cm³/mol. The minimum absolute atomic E-state index is 0.0235. The Bertz CT molecular complexity index is 784. The molecule has 1 aromatic rings. The van der Waals surface area contributed by atoms with Crippen LogP contribution in [0.5, 0.6) is 0 Å². The van der Waals surface area contributed by atoms with Gasteiger partial charge in [0.1, 0.15) is 5.82 Å². The van der Waals surface area contributed by atoms with Crippen LogP contribution in [0.25, 0.3) is 0 Å². The Morgan fingerprint density at radius 2 is 1.81 bits per heavy atom. The third kappa shape index (κ3) is 4.85. The fraction of sp³-hybridized carbons (Fsp3) is 0.652. The average molecular weight is 432 g/mol. The van der Waals surface area contributed by atoms with E-state index in [-0.39, 0.29) is 29.1 Å². The highest BCUT2D eigenvalue weighted by Gasteiger charge is 2.48. The number of piperidine rings is 1. The first-order valence-electron chi connectivity index (χ1n) is 11.4. The standard InChI is InChI=1S/C23H34FN5O2/c1-17(25)21(30)29-10-7-23(8-11-29)16-19(26-22(23)31)6-9-27-12-14-28(15-13-27)20-4-2-18(24)3-5-20/h2-5,17,19H,6-16,25H2,1H3,(H,26,31)/t17-,19-/m0/s1. The molecule has 4 rings (SSSR count). The first-order valence-corrected chi connectivity index (χ1v) is 11.4. The van der Waals surface area contributed by atoms with Gasteiger partial charge in [-0.3, -0.25) is 14.5 Å². The molecule has 2 atom stereocenters. The van der Waals surface area contributed by atoms with Crippen molar-refractivity contribution in [2.45, 2.75) is 44.7 Å². The lowest BCUT2D eigenvalue weighted by Crippen LogP contribution is -2.50. The zero-order valence-electron chi connectivity index (χ0n) is 18.4. The van der Waals surface area contributed by atoms with Crippen LogP contribution >= 0.6 is 0 Å². The summed E-state index contributed by atoms with van der Waals surface area (Å²) >= 11 is 0. The Hall–Kier alpha value is -2.19. The maximum absolute atomic E-state index is 13.1. The van der Waals surface area contributed by atoms with E-state index in [4.69, 9.17) is 5.73 Å². The summed E-state index contributed by atoms with van der Waals surface area (Å²) in [5.41, 5.74) is 6.48. The number of benzene rings is 1. The third-order valence-electron chi connectivity index (χ3n) is 7.23. The van der Waals surface area contributed by atoms with Crippen LogP contribution in [0.2, 0.25) is 0 Å². The Morgan fingerprint density at radius 1 is 1.16 bits per heavy atom. The van der Waals surface area contributed by atoms with E-state index in [2.05, 4.69) is 15.1 Å². The summed E-state index contributed by atoms with van der Waals surface area (Å²) in [7, 11) is 0. The second-order valence-electron chi connectivity index (χ2n) is 9.36. The summed E-state index contributed by atoms with van der Waals surface area (Å²) in [6, 6.07) is 6.42. The molecule has 0 saturated carbocycles. The van der Waals surface area contributed by atoms with Crippen LogP contribution in [0.1, 0.15) is 32.6 Å². The second kappa shape index (κ2) is 9.12. The zero-order valence-corrected chi connectivity index (χ0v) is 18.4. The number of carbonyl (C=O) groups excluding carboxylic acids is 2. The Kier molecular flexibility index (Phi) is 6.48. The van der Waals surface area contributed by atoms with Crippen molar-refractivity contribution >= 4 is 17.5 Å². The van der Waals surface area contributed by atoms with Gasteiger partial charge in [-0.2, -0.15) is 0 Å². The van der Waals surface area contributed by atoms with Crippen LogP contribution in [0.4, 0.5) is 10.1 Å². The van der Waals surface area contributed by atoms with Gasteiger partial charge in [0.15, 0.2) is 0 Å². The highest BCUT2D eigenvalue weighted by molar-refractivity contribution is 5.86. The normalized spacial score (nSPS) is 25.0. The summed E-state index contributed by atoms with van der Waals surface area (Å²) < 4.78 is 13.1. The van der Waals surface area contributed by atoms with E-state index in [0.717, 1.165) is 64.1 Å². The molecule has 3 N–H and O–H groups in total. The molecule has 170 valence electrons. The highest BCUT2D eigenvalue weighted by atomic mass is 19.1. The van der Waals surface area contributed by atoms with Gasteiger partial charge in [0.05, 0.1) is 11.5 Å². The van der Waals surface area contributed by atoms with Crippen LogP contribution in [0, 0.1) is 11.2 Å².